The summed E-state index contributed by atoms with van der Waals surface area (Å²) in [5.41, 5.74) is 2.82. The fourth-order valence-electron chi connectivity index (χ4n) is 1.65. The van der Waals surface area contributed by atoms with Gasteiger partial charge in [0.15, 0.2) is 0 Å². The minimum atomic E-state index is -0.509. The summed E-state index contributed by atoms with van der Waals surface area (Å²) in [6, 6.07) is 20.9. The molecule has 5 heteroatoms. The van der Waals surface area contributed by atoms with Crippen molar-refractivity contribution in [3.05, 3.63) is 71.8 Å². The zero-order valence-electron chi connectivity index (χ0n) is 19.5. The summed E-state index contributed by atoms with van der Waals surface area (Å²) in [7, 11) is 0. The first-order valence-corrected chi connectivity index (χ1v) is 10.7. The SMILES string of the molecule is CCC(O)CO.CCCOO.CCO.CCc1ccccc1.CCc1ccccc1. The van der Waals surface area contributed by atoms with Crippen molar-refractivity contribution >= 4 is 0 Å². The summed E-state index contributed by atoms with van der Waals surface area (Å²) in [5.74, 6) is 0. The zero-order chi connectivity index (χ0) is 23.5. The van der Waals surface area contributed by atoms with Gasteiger partial charge in [0.25, 0.3) is 0 Å². The minimum Gasteiger partial charge on any atom is -0.397 e. The molecule has 0 aliphatic heterocycles. The Morgan fingerprint density at radius 3 is 1.20 bits per heavy atom. The predicted molar refractivity (Wildman–Crippen MR) is 127 cm³/mol. The molecule has 174 valence electrons. The molecule has 0 heterocycles. The Bertz CT molecular complexity index is 460. The van der Waals surface area contributed by atoms with E-state index in [0.717, 1.165) is 19.3 Å². The van der Waals surface area contributed by atoms with Gasteiger partial charge in [-0.25, -0.2) is 4.89 Å². The zero-order valence-corrected chi connectivity index (χ0v) is 19.5. The highest BCUT2D eigenvalue weighted by atomic mass is 17.1. The number of rotatable bonds is 6. The van der Waals surface area contributed by atoms with Crippen LogP contribution in [0, 0.1) is 0 Å². The van der Waals surface area contributed by atoms with E-state index in [1.165, 1.54) is 11.1 Å². The summed E-state index contributed by atoms with van der Waals surface area (Å²) in [4.78, 5) is 3.69. The third kappa shape index (κ3) is 28.4. The maximum Gasteiger partial charge on any atom is 0.0817 e. The standard InChI is InChI=1S/2C8H10.C4H10O2.C3H8O2.C2H6O/c2*1-2-8-6-4-3-5-7-8;1-2-4(6)3-5;1-2-3-5-4;1-2-3/h2*3-7H,2H2,1H3;4-6H,2-3H2,1H3;4H,2-3H2,1H3;3H,2H2,1H3. The smallest absolute Gasteiger partial charge is 0.0817 e. The van der Waals surface area contributed by atoms with Gasteiger partial charge < -0.3 is 15.3 Å². The Hall–Kier alpha value is -1.76. The summed E-state index contributed by atoms with van der Waals surface area (Å²) >= 11 is 0. The lowest BCUT2D eigenvalue weighted by Crippen LogP contribution is -2.08. The molecule has 30 heavy (non-hydrogen) atoms. The number of benzene rings is 2. The number of hydrogen-bond acceptors (Lipinski definition) is 5. The van der Waals surface area contributed by atoms with E-state index in [1.54, 1.807) is 6.92 Å². The molecule has 0 spiro atoms. The molecule has 1 unspecified atom stereocenters. The molecule has 0 saturated heterocycles. The average molecular weight is 425 g/mol. The largest absolute Gasteiger partial charge is 0.397 e. The maximum atomic E-state index is 8.42. The van der Waals surface area contributed by atoms with Gasteiger partial charge in [0, 0.05) is 6.61 Å². The minimum absolute atomic E-state index is 0.115. The van der Waals surface area contributed by atoms with E-state index in [2.05, 4.69) is 67.3 Å². The highest BCUT2D eigenvalue weighted by molar-refractivity contribution is 5.14. The monoisotopic (exact) mass is 424 g/mol. The van der Waals surface area contributed by atoms with Crippen LogP contribution >= 0.6 is 0 Å². The van der Waals surface area contributed by atoms with Gasteiger partial charge in [-0.3, -0.25) is 5.26 Å². The van der Waals surface area contributed by atoms with Gasteiger partial charge >= 0.3 is 0 Å². The molecule has 0 amide bonds. The fraction of sp³-hybridized carbons (Fsp3) is 0.520. The van der Waals surface area contributed by atoms with Crippen molar-refractivity contribution in [2.75, 3.05) is 19.8 Å². The van der Waals surface area contributed by atoms with Crippen molar-refractivity contribution in [2.45, 2.75) is 66.4 Å². The van der Waals surface area contributed by atoms with E-state index in [1.807, 2.05) is 26.0 Å². The van der Waals surface area contributed by atoms with Crippen molar-refractivity contribution in [1.82, 2.24) is 0 Å². The molecule has 0 aliphatic rings. The van der Waals surface area contributed by atoms with Crippen LogP contribution in [-0.2, 0) is 17.7 Å². The van der Waals surface area contributed by atoms with Gasteiger partial charge in [-0.1, -0.05) is 88.4 Å². The Balaban J connectivity index is -0.000000316. The van der Waals surface area contributed by atoms with Crippen LogP contribution in [0.25, 0.3) is 0 Å². The van der Waals surface area contributed by atoms with E-state index in [0.29, 0.717) is 13.0 Å². The Kier molecular flexibility index (Phi) is 32.3. The van der Waals surface area contributed by atoms with Crippen LogP contribution in [0.2, 0.25) is 0 Å². The molecule has 2 aromatic rings. The summed E-state index contributed by atoms with van der Waals surface area (Å²) in [6.45, 7) is 10.3. The lowest BCUT2D eigenvalue weighted by atomic mass is 10.2. The van der Waals surface area contributed by atoms with Crippen molar-refractivity contribution in [1.29, 1.82) is 0 Å². The molecule has 4 N–H and O–H groups in total. The third-order valence-corrected chi connectivity index (χ3v) is 3.48. The van der Waals surface area contributed by atoms with Gasteiger partial charge in [-0.05, 0) is 43.7 Å². The molecule has 1 atom stereocenters. The molecule has 2 rings (SSSR count). The van der Waals surface area contributed by atoms with E-state index in [-0.39, 0.29) is 13.2 Å². The van der Waals surface area contributed by atoms with Crippen molar-refractivity contribution in [3.8, 4) is 0 Å². The normalized spacial score (nSPS) is 9.77. The molecular weight excluding hydrogens is 380 g/mol. The molecule has 0 bridgehead atoms. The van der Waals surface area contributed by atoms with E-state index < -0.39 is 6.10 Å². The number of aliphatic hydroxyl groups excluding tert-OH is 3. The Morgan fingerprint density at radius 1 is 0.733 bits per heavy atom. The first kappa shape index (κ1) is 32.9. The van der Waals surface area contributed by atoms with Gasteiger partial charge in [0.2, 0.25) is 0 Å². The highest BCUT2D eigenvalue weighted by Crippen LogP contribution is 1.97. The molecule has 0 saturated carbocycles. The summed E-state index contributed by atoms with van der Waals surface area (Å²) < 4.78 is 0. The molecule has 0 aromatic heterocycles. The second-order valence-corrected chi connectivity index (χ2v) is 6.07. The van der Waals surface area contributed by atoms with E-state index in [9.17, 15) is 0 Å². The first-order chi connectivity index (χ1) is 14.5. The maximum absolute atomic E-state index is 8.42. The van der Waals surface area contributed by atoms with Crippen LogP contribution in [0.15, 0.2) is 60.7 Å². The Morgan fingerprint density at radius 2 is 1.10 bits per heavy atom. The van der Waals surface area contributed by atoms with Crippen LogP contribution in [0.3, 0.4) is 0 Å². The van der Waals surface area contributed by atoms with Crippen LogP contribution in [0.1, 0.15) is 58.6 Å². The fourth-order valence-corrected chi connectivity index (χ4v) is 1.65. The highest BCUT2D eigenvalue weighted by Gasteiger charge is 1.92. The average Bonchev–Trinajstić information content (AvgIpc) is 2.82. The van der Waals surface area contributed by atoms with Gasteiger partial charge in [-0.15, -0.1) is 0 Å². The molecule has 2 aromatic carbocycles. The van der Waals surface area contributed by atoms with Crippen LogP contribution in [0.5, 0.6) is 0 Å². The predicted octanol–water partition coefficient (Wildman–Crippen LogP) is 5.13. The van der Waals surface area contributed by atoms with Crippen molar-refractivity contribution < 1.29 is 25.5 Å². The lowest BCUT2D eigenvalue weighted by molar-refractivity contribution is -0.241. The van der Waals surface area contributed by atoms with E-state index in [4.69, 9.17) is 20.6 Å². The number of aliphatic hydroxyl groups is 3. The lowest BCUT2D eigenvalue weighted by Gasteiger charge is -1.97. The van der Waals surface area contributed by atoms with Crippen molar-refractivity contribution in [3.63, 3.8) is 0 Å². The van der Waals surface area contributed by atoms with Crippen LogP contribution < -0.4 is 0 Å². The molecule has 0 radical (unpaired) electrons. The number of aryl methyl sites for hydroxylation is 2. The second kappa shape index (κ2) is 29.4. The van der Waals surface area contributed by atoms with Crippen LogP contribution in [0.4, 0.5) is 0 Å². The number of hydrogen-bond donors (Lipinski definition) is 4. The third-order valence-electron chi connectivity index (χ3n) is 3.48. The topological polar surface area (TPSA) is 90.2 Å². The molecule has 0 fully saturated rings. The van der Waals surface area contributed by atoms with Crippen molar-refractivity contribution in [2.24, 2.45) is 0 Å². The Labute approximate surface area is 183 Å². The van der Waals surface area contributed by atoms with Gasteiger partial charge in [-0.2, -0.15) is 0 Å². The molecule has 0 aliphatic carbocycles. The first-order valence-electron chi connectivity index (χ1n) is 10.7. The summed E-state index contributed by atoms with van der Waals surface area (Å²) in [5, 5.41) is 31.6. The van der Waals surface area contributed by atoms with Gasteiger partial charge in [0.1, 0.15) is 0 Å². The molecule has 5 nitrogen and oxygen atoms in total. The van der Waals surface area contributed by atoms with Gasteiger partial charge in [0.05, 0.1) is 19.3 Å². The molecular formula is C25H44O5. The summed E-state index contributed by atoms with van der Waals surface area (Å²) in [6.07, 6.45) is 3.28. The quantitative estimate of drug-likeness (QED) is 0.381. The second-order valence-electron chi connectivity index (χ2n) is 6.07. The van der Waals surface area contributed by atoms with E-state index >= 15 is 0 Å². The van der Waals surface area contributed by atoms with Crippen LogP contribution in [-0.4, -0.2) is 46.5 Å².